The van der Waals surface area contributed by atoms with Crippen molar-refractivity contribution in [2.24, 2.45) is 0 Å². The van der Waals surface area contributed by atoms with Crippen LogP contribution in [0.2, 0.25) is 0 Å². The highest BCUT2D eigenvalue weighted by Gasteiger charge is 2.15. The summed E-state index contributed by atoms with van der Waals surface area (Å²) in [5, 5.41) is 9.34. The molecule has 1 aliphatic heterocycles. The highest BCUT2D eigenvalue weighted by atomic mass is 79.9. The van der Waals surface area contributed by atoms with Gasteiger partial charge in [0.15, 0.2) is 11.5 Å². The van der Waals surface area contributed by atoms with E-state index in [4.69, 9.17) is 9.47 Å². The Morgan fingerprint density at radius 1 is 1.30 bits per heavy atom. The van der Waals surface area contributed by atoms with Gasteiger partial charge in [0.05, 0.1) is 19.3 Å². The minimum atomic E-state index is -0.260. The first kappa shape index (κ1) is 15.6. The van der Waals surface area contributed by atoms with Crippen molar-refractivity contribution in [1.29, 1.82) is 0 Å². The van der Waals surface area contributed by atoms with Crippen molar-refractivity contribution >= 4 is 15.9 Å². The molecule has 112 valence electrons. The summed E-state index contributed by atoms with van der Waals surface area (Å²) in [6, 6.07) is 4.03. The van der Waals surface area contributed by atoms with Crippen LogP contribution in [-0.2, 0) is 6.54 Å². The van der Waals surface area contributed by atoms with E-state index in [0.29, 0.717) is 13.2 Å². The molecule has 0 aromatic heterocycles. The summed E-state index contributed by atoms with van der Waals surface area (Å²) in [5.41, 5.74) is 1.17. The molecule has 1 N–H and O–H groups in total. The Bertz CT molecular complexity index is 451. The third kappa shape index (κ3) is 4.36. The molecule has 0 fully saturated rings. The van der Waals surface area contributed by atoms with Gasteiger partial charge in [-0.05, 0) is 38.1 Å². The lowest BCUT2D eigenvalue weighted by atomic mass is 10.2. The number of fused-ring (bicyclic) bond motifs is 1. The van der Waals surface area contributed by atoms with Gasteiger partial charge < -0.3 is 19.5 Å². The van der Waals surface area contributed by atoms with Crippen LogP contribution in [0.3, 0.4) is 0 Å². The number of aliphatic hydroxyl groups is 1. The Hall–Kier alpha value is -0.780. The number of hydrogen-bond acceptors (Lipinski definition) is 4. The Labute approximate surface area is 128 Å². The Kier molecular flexibility index (Phi) is 5.69. The molecule has 2 rings (SSSR count). The number of nitrogens with zero attached hydrogens (tertiary/aromatic N) is 1. The van der Waals surface area contributed by atoms with E-state index in [9.17, 15) is 5.11 Å². The van der Waals surface area contributed by atoms with Crippen molar-refractivity contribution < 1.29 is 14.6 Å². The maximum atomic E-state index is 9.34. The highest BCUT2D eigenvalue weighted by Crippen LogP contribution is 2.35. The van der Waals surface area contributed by atoms with Gasteiger partial charge in [-0.25, -0.2) is 0 Å². The molecule has 1 atom stereocenters. The number of benzene rings is 1. The molecule has 1 aromatic rings. The molecule has 0 radical (unpaired) electrons. The van der Waals surface area contributed by atoms with Gasteiger partial charge in [-0.1, -0.05) is 15.9 Å². The van der Waals surface area contributed by atoms with Crippen LogP contribution >= 0.6 is 15.9 Å². The number of hydrogen-bond donors (Lipinski definition) is 1. The summed E-state index contributed by atoms with van der Waals surface area (Å²) in [6.45, 7) is 4.89. The zero-order chi connectivity index (χ0) is 14.5. The fraction of sp³-hybridized carbons (Fsp3) is 0.600. The van der Waals surface area contributed by atoms with E-state index in [1.807, 2.05) is 19.1 Å². The molecule has 5 heteroatoms. The van der Waals surface area contributed by atoms with E-state index in [2.05, 4.69) is 27.9 Å². The normalized spacial score (nSPS) is 16.1. The molecular formula is C15H22BrNO3. The molecule has 1 heterocycles. The van der Waals surface area contributed by atoms with Gasteiger partial charge >= 0.3 is 0 Å². The lowest BCUT2D eigenvalue weighted by Crippen LogP contribution is -2.22. The summed E-state index contributed by atoms with van der Waals surface area (Å²) in [5.74, 6) is 1.63. The zero-order valence-corrected chi connectivity index (χ0v) is 13.6. The van der Waals surface area contributed by atoms with Crippen molar-refractivity contribution in [3.05, 3.63) is 22.2 Å². The second kappa shape index (κ2) is 7.29. The average Bonchev–Trinajstić information content (AvgIpc) is 2.62. The van der Waals surface area contributed by atoms with Gasteiger partial charge in [-0.3, -0.25) is 0 Å². The number of ether oxygens (including phenoxy) is 2. The van der Waals surface area contributed by atoms with Gasteiger partial charge in [0, 0.05) is 24.0 Å². The summed E-state index contributed by atoms with van der Waals surface area (Å²) >= 11 is 3.60. The molecule has 0 amide bonds. The van der Waals surface area contributed by atoms with Crippen LogP contribution < -0.4 is 9.47 Å². The Morgan fingerprint density at radius 3 is 2.60 bits per heavy atom. The van der Waals surface area contributed by atoms with E-state index in [0.717, 1.165) is 41.9 Å². The van der Waals surface area contributed by atoms with Crippen molar-refractivity contribution in [1.82, 2.24) is 4.90 Å². The molecule has 4 nitrogen and oxygen atoms in total. The predicted octanol–water partition coefficient (Wildman–Crippen LogP) is 2.81. The maximum absolute atomic E-state index is 9.34. The van der Waals surface area contributed by atoms with Crippen molar-refractivity contribution in [3.63, 3.8) is 0 Å². The molecule has 1 unspecified atom stereocenters. The monoisotopic (exact) mass is 343 g/mol. The second-order valence-corrected chi connectivity index (χ2v) is 6.17. The van der Waals surface area contributed by atoms with Gasteiger partial charge in [-0.15, -0.1) is 0 Å². The van der Waals surface area contributed by atoms with Crippen LogP contribution in [0.25, 0.3) is 0 Å². The number of halogens is 1. The van der Waals surface area contributed by atoms with Crippen LogP contribution in [0, 0.1) is 0 Å². The molecule has 0 aliphatic carbocycles. The average molecular weight is 344 g/mol. The van der Waals surface area contributed by atoms with Crippen LogP contribution in [-0.4, -0.2) is 42.9 Å². The van der Waals surface area contributed by atoms with Crippen LogP contribution in [0.15, 0.2) is 16.6 Å². The Balaban J connectivity index is 2.06. The smallest absolute Gasteiger partial charge is 0.162 e. The minimum absolute atomic E-state index is 0.260. The van der Waals surface area contributed by atoms with Crippen LogP contribution in [0.4, 0.5) is 0 Å². The van der Waals surface area contributed by atoms with E-state index in [1.165, 1.54) is 5.56 Å². The van der Waals surface area contributed by atoms with Crippen LogP contribution in [0.5, 0.6) is 11.5 Å². The molecule has 0 spiro atoms. The standard InChI is InChI=1S/C15H22BrNO3/c1-11(18)4-5-17(2)10-12-8-14-15(9-13(12)16)20-7-3-6-19-14/h8-9,11,18H,3-7,10H2,1-2H3. The molecule has 0 saturated carbocycles. The van der Waals surface area contributed by atoms with Crippen LogP contribution in [0.1, 0.15) is 25.3 Å². The summed E-state index contributed by atoms with van der Waals surface area (Å²) < 4.78 is 12.4. The highest BCUT2D eigenvalue weighted by molar-refractivity contribution is 9.10. The first-order valence-electron chi connectivity index (χ1n) is 7.01. The van der Waals surface area contributed by atoms with Crippen molar-refractivity contribution in [2.45, 2.75) is 32.4 Å². The van der Waals surface area contributed by atoms with E-state index in [1.54, 1.807) is 0 Å². The van der Waals surface area contributed by atoms with Crippen molar-refractivity contribution in [3.8, 4) is 11.5 Å². The molecule has 1 aromatic carbocycles. The maximum Gasteiger partial charge on any atom is 0.162 e. The summed E-state index contributed by atoms with van der Waals surface area (Å²) in [6.07, 6.45) is 1.43. The topological polar surface area (TPSA) is 41.9 Å². The molecule has 0 bridgehead atoms. The molecule has 20 heavy (non-hydrogen) atoms. The van der Waals surface area contributed by atoms with Crippen molar-refractivity contribution in [2.75, 3.05) is 26.8 Å². The summed E-state index contributed by atoms with van der Waals surface area (Å²) in [7, 11) is 2.05. The first-order valence-corrected chi connectivity index (χ1v) is 7.80. The quantitative estimate of drug-likeness (QED) is 0.892. The number of aliphatic hydroxyl groups excluding tert-OH is 1. The molecule has 1 aliphatic rings. The van der Waals surface area contributed by atoms with Gasteiger partial charge in [0.2, 0.25) is 0 Å². The Morgan fingerprint density at radius 2 is 1.95 bits per heavy atom. The van der Waals surface area contributed by atoms with Gasteiger partial charge in [0.25, 0.3) is 0 Å². The largest absolute Gasteiger partial charge is 0.490 e. The molecule has 0 saturated heterocycles. The molecular weight excluding hydrogens is 322 g/mol. The predicted molar refractivity (Wildman–Crippen MR) is 82.4 cm³/mol. The minimum Gasteiger partial charge on any atom is -0.490 e. The third-order valence-electron chi connectivity index (χ3n) is 3.29. The zero-order valence-electron chi connectivity index (χ0n) is 12.1. The fourth-order valence-corrected chi connectivity index (χ4v) is 2.57. The lowest BCUT2D eigenvalue weighted by molar-refractivity contribution is 0.163. The van der Waals surface area contributed by atoms with Gasteiger partial charge in [0.1, 0.15) is 0 Å². The first-order chi connectivity index (χ1) is 9.56. The fourth-order valence-electron chi connectivity index (χ4n) is 2.12. The van der Waals surface area contributed by atoms with E-state index in [-0.39, 0.29) is 6.10 Å². The SMILES string of the molecule is CC(O)CCN(C)Cc1cc2c(cc1Br)OCCCO2. The lowest BCUT2D eigenvalue weighted by Gasteiger charge is -2.19. The van der Waals surface area contributed by atoms with Gasteiger partial charge in [-0.2, -0.15) is 0 Å². The third-order valence-corrected chi connectivity index (χ3v) is 4.02. The number of rotatable bonds is 5. The summed E-state index contributed by atoms with van der Waals surface area (Å²) in [4.78, 5) is 2.19. The van der Waals surface area contributed by atoms with E-state index >= 15 is 0 Å². The second-order valence-electron chi connectivity index (χ2n) is 5.32. The van der Waals surface area contributed by atoms with E-state index < -0.39 is 0 Å².